The van der Waals surface area contributed by atoms with E-state index in [2.05, 4.69) is 16.5 Å². The van der Waals surface area contributed by atoms with E-state index >= 15 is 0 Å². The smallest absolute Gasteiger partial charge is 0.269 e. The lowest BCUT2D eigenvalue weighted by Gasteiger charge is -2.15. The van der Waals surface area contributed by atoms with Crippen molar-refractivity contribution >= 4 is 5.91 Å². The van der Waals surface area contributed by atoms with Crippen molar-refractivity contribution < 1.29 is 4.79 Å². The Morgan fingerprint density at radius 3 is 2.87 bits per heavy atom. The predicted molar refractivity (Wildman–Crippen MR) is 54.9 cm³/mol. The van der Waals surface area contributed by atoms with Crippen molar-refractivity contribution in [1.82, 2.24) is 15.1 Å². The van der Waals surface area contributed by atoms with Gasteiger partial charge in [0, 0.05) is 19.8 Å². The molecule has 0 aliphatic heterocycles. The van der Waals surface area contributed by atoms with Crippen molar-refractivity contribution in [1.29, 1.82) is 5.26 Å². The molecule has 1 aromatic heterocycles. The number of carbonyl (C=O) groups is 1. The number of hydrogen-bond acceptors (Lipinski definition) is 3. The average Bonchev–Trinajstić information content (AvgIpc) is 2.61. The fraction of sp³-hybridized carbons (Fsp3) is 0.500. The highest BCUT2D eigenvalue weighted by molar-refractivity contribution is 5.92. The van der Waals surface area contributed by atoms with Crippen molar-refractivity contribution in [2.45, 2.75) is 13.8 Å². The fourth-order valence-electron chi connectivity index (χ4n) is 1.03. The van der Waals surface area contributed by atoms with Crippen molar-refractivity contribution in [3.05, 3.63) is 18.0 Å². The first-order chi connectivity index (χ1) is 6.96. The van der Waals surface area contributed by atoms with Gasteiger partial charge in [0.1, 0.15) is 5.69 Å². The van der Waals surface area contributed by atoms with Crippen LogP contribution in [0.15, 0.2) is 12.3 Å². The van der Waals surface area contributed by atoms with Crippen LogP contribution in [0.25, 0.3) is 0 Å². The molecule has 0 aromatic carbocycles. The van der Waals surface area contributed by atoms with Gasteiger partial charge in [-0.05, 0) is 19.9 Å². The van der Waals surface area contributed by atoms with E-state index in [4.69, 9.17) is 5.26 Å². The molecule has 1 amide bonds. The second-order valence-corrected chi connectivity index (χ2v) is 4.02. The molecule has 80 valence electrons. The molecule has 5 nitrogen and oxygen atoms in total. The molecule has 0 fully saturated rings. The van der Waals surface area contributed by atoms with E-state index in [0.29, 0.717) is 12.2 Å². The van der Waals surface area contributed by atoms with Crippen LogP contribution in [0.2, 0.25) is 0 Å². The Bertz CT molecular complexity index is 400. The van der Waals surface area contributed by atoms with Crippen LogP contribution in [-0.2, 0) is 7.05 Å². The molecule has 5 heteroatoms. The van der Waals surface area contributed by atoms with E-state index < -0.39 is 5.41 Å². The minimum Gasteiger partial charge on any atom is -0.349 e. The van der Waals surface area contributed by atoms with Gasteiger partial charge in [-0.15, -0.1) is 0 Å². The van der Waals surface area contributed by atoms with Crippen LogP contribution in [0.5, 0.6) is 0 Å². The summed E-state index contributed by atoms with van der Waals surface area (Å²) < 4.78 is 1.49. The molecule has 15 heavy (non-hydrogen) atoms. The molecule has 0 radical (unpaired) electrons. The number of aryl methyl sites for hydroxylation is 1. The first-order valence-electron chi connectivity index (χ1n) is 4.64. The van der Waals surface area contributed by atoms with Crippen LogP contribution in [0.4, 0.5) is 0 Å². The van der Waals surface area contributed by atoms with Gasteiger partial charge in [-0.1, -0.05) is 0 Å². The van der Waals surface area contributed by atoms with E-state index in [-0.39, 0.29) is 5.91 Å². The van der Waals surface area contributed by atoms with Crippen molar-refractivity contribution in [3.63, 3.8) is 0 Å². The van der Waals surface area contributed by atoms with Crippen molar-refractivity contribution in [2.24, 2.45) is 12.5 Å². The summed E-state index contributed by atoms with van der Waals surface area (Å²) in [7, 11) is 1.70. The highest BCUT2D eigenvalue weighted by Crippen LogP contribution is 2.10. The third-order valence-electron chi connectivity index (χ3n) is 2.05. The van der Waals surface area contributed by atoms with Crippen molar-refractivity contribution in [2.75, 3.05) is 6.54 Å². The quantitative estimate of drug-likeness (QED) is 0.791. The number of hydrogen-bond donors (Lipinski definition) is 1. The van der Waals surface area contributed by atoms with E-state index in [0.717, 1.165) is 0 Å². The second kappa shape index (κ2) is 4.13. The lowest BCUT2D eigenvalue weighted by Crippen LogP contribution is -2.34. The fourth-order valence-corrected chi connectivity index (χ4v) is 1.03. The summed E-state index contributed by atoms with van der Waals surface area (Å²) in [5, 5.41) is 15.4. The summed E-state index contributed by atoms with van der Waals surface area (Å²) >= 11 is 0. The lowest BCUT2D eigenvalue weighted by atomic mass is 9.96. The highest BCUT2D eigenvalue weighted by Gasteiger charge is 2.19. The van der Waals surface area contributed by atoms with Gasteiger partial charge in [0.2, 0.25) is 0 Å². The van der Waals surface area contributed by atoms with Crippen LogP contribution in [0.1, 0.15) is 24.3 Å². The summed E-state index contributed by atoms with van der Waals surface area (Å²) in [6.07, 6.45) is 1.56. The molecule has 0 aliphatic rings. The molecule has 0 unspecified atom stereocenters. The number of carbonyl (C=O) groups excluding carboxylic acids is 1. The highest BCUT2D eigenvalue weighted by atomic mass is 16.2. The van der Waals surface area contributed by atoms with Crippen LogP contribution in [-0.4, -0.2) is 22.2 Å². The van der Waals surface area contributed by atoms with Crippen LogP contribution in [0, 0.1) is 16.7 Å². The minimum atomic E-state index is -0.547. The largest absolute Gasteiger partial charge is 0.349 e. The summed E-state index contributed by atoms with van der Waals surface area (Å²) in [6, 6.07) is 3.75. The molecular weight excluding hydrogens is 192 g/mol. The SMILES string of the molecule is Cn1nccc1C(=O)NCC(C)(C)C#N. The normalized spacial score (nSPS) is 10.8. The topological polar surface area (TPSA) is 70.7 Å². The molecule has 1 heterocycles. The van der Waals surface area contributed by atoms with Crippen LogP contribution in [0.3, 0.4) is 0 Å². The summed E-state index contributed by atoms with van der Waals surface area (Å²) in [4.78, 5) is 11.6. The number of nitrogens with zero attached hydrogens (tertiary/aromatic N) is 3. The lowest BCUT2D eigenvalue weighted by molar-refractivity contribution is 0.0934. The summed E-state index contributed by atoms with van der Waals surface area (Å²) in [6.45, 7) is 3.88. The molecule has 1 N–H and O–H groups in total. The van der Waals surface area contributed by atoms with Gasteiger partial charge >= 0.3 is 0 Å². The summed E-state index contributed by atoms with van der Waals surface area (Å²) in [5.74, 6) is -0.210. The van der Waals surface area contributed by atoms with Gasteiger partial charge < -0.3 is 5.32 Å². The molecule has 0 bridgehead atoms. The van der Waals surface area contributed by atoms with Crippen LogP contribution < -0.4 is 5.32 Å². The minimum absolute atomic E-state index is 0.210. The monoisotopic (exact) mass is 206 g/mol. The number of amides is 1. The molecular formula is C10H14N4O. The van der Waals surface area contributed by atoms with E-state index in [1.54, 1.807) is 33.2 Å². The zero-order valence-electron chi connectivity index (χ0n) is 9.11. The first-order valence-corrected chi connectivity index (χ1v) is 4.64. The molecule has 1 aromatic rings. The zero-order valence-corrected chi connectivity index (χ0v) is 9.11. The Balaban J connectivity index is 2.59. The molecule has 0 spiro atoms. The second-order valence-electron chi connectivity index (χ2n) is 4.02. The summed E-state index contributed by atoms with van der Waals surface area (Å²) in [5.41, 5.74) is -0.0578. The number of rotatable bonds is 3. The van der Waals surface area contributed by atoms with E-state index in [1.165, 1.54) is 4.68 Å². The number of aromatic nitrogens is 2. The molecule has 1 rings (SSSR count). The zero-order chi connectivity index (χ0) is 11.5. The Labute approximate surface area is 88.7 Å². The third-order valence-corrected chi connectivity index (χ3v) is 2.05. The van der Waals surface area contributed by atoms with Gasteiger partial charge in [0.25, 0.3) is 5.91 Å². The maximum atomic E-state index is 11.6. The Morgan fingerprint density at radius 1 is 1.73 bits per heavy atom. The van der Waals surface area contributed by atoms with Gasteiger partial charge in [-0.2, -0.15) is 10.4 Å². The number of nitrogens with one attached hydrogen (secondary N) is 1. The van der Waals surface area contributed by atoms with E-state index in [9.17, 15) is 4.79 Å². The Morgan fingerprint density at radius 2 is 2.40 bits per heavy atom. The van der Waals surface area contributed by atoms with Gasteiger partial charge in [-0.3, -0.25) is 9.48 Å². The standard InChI is InChI=1S/C10H14N4O/c1-10(2,6-11)7-12-9(15)8-4-5-13-14(8)3/h4-5H,7H2,1-3H3,(H,12,15). The van der Waals surface area contributed by atoms with Gasteiger partial charge in [-0.25, -0.2) is 0 Å². The van der Waals surface area contributed by atoms with Crippen molar-refractivity contribution in [3.8, 4) is 6.07 Å². The third kappa shape index (κ3) is 2.81. The maximum absolute atomic E-state index is 11.6. The Kier molecular flexibility index (Phi) is 3.10. The molecule has 0 saturated heterocycles. The Hall–Kier alpha value is -1.83. The van der Waals surface area contributed by atoms with E-state index in [1.807, 2.05) is 0 Å². The first kappa shape index (κ1) is 11.2. The van der Waals surface area contributed by atoms with Gasteiger partial charge in [0.15, 0.2) is 0 Å². The predicted octanol–water partition coefficient (Wildman–Crippen LogP) is 0.700. The number of nitriles is 1. The average molecular weight is 206 g/mol. The molecule has 0 saturated carbocycles. The van der Waals surface area contributed by atoms with Crippen LogP contribution >= 0.6 is 0 Å². The molecule has 0 aliphatic carbocycles. The van der Waals surface area contributed by atoms with Gasteiger partial charge in [0.05, 0.1) is 11.5 Å². The molecule has 0 atom stereocenters. The maximum Gasteiger partial charge on any atom is 0.269 e.